The van der Waals surface area contributed by atoms with Crippen LogP contribution in [-0.4, -0.2) is 18.5 Å². The van der Waals surface area contributed by atoms with Gasteiger partial charge in [0.05, 0.1) is 4.88 Å². The number of nitrogens with two attached hydrogens (primary N) is 1. The maximum Gasteiger partial charge on any atom is 0.411 e. The number of carbonyl (C=O) groups is 1. The highest BCUT2D eigenvalue weighted by Crippen LogP contribution is 2.35. The Labute approximate surface area is 223 Å². The van der Waals surface area contributed by atoms with Crippen molar-refractivity contribution in [2.45, 2.75) is 6.10 Å². The molecule has 38 heavy (non-hydrogen) atoms. The van der Waals surface area contributed by atoms with Crippen LogP contribution in [0.25, 0.3) is 10.1 Å². The molecule has 1 heterocycles. The molecule has 0 bridgehead atoms. The summed E-state index contributed by atoms with van der Waals surface area (Å²) in [5.41, 5.74) is 7.13. The molecule has 0 fully saturated rings. The SMILES string of the molecule is N=C(N)c1cc2c(OC(COC(=O)Nc3ccc(Oc4ccccc4)cc3)c3ccccc3)cccc2s1. The molecule has 8 heteroatoms. The van der Waals surface area contributed by atoms with Gasteiger partial charge >= 0.3 is 6.09 Å². The summed E-state index contributed by atoms with van der Waals surface area (Å²) >= 11 is 1.43. The minimum atomic E-state index is -0.598. The molecule has 0 radical (unpaired) electrons. The molecular weight excluding hydrogens is 498 g/mol. The average Bonchev–Trinajstić information content (AvgIpc) is 3.39. The first-order valence-corrected chi connectivity index (χ1v) is 12.7. The fourth-order valence-electron chi connectivity index (χ4n) is 3.83. The van der Waals surface area contributed by atoms with Crippen LogP contribution in [0.3, 0.4) is 0 Å². The number of amides is 1. The van der Waals surface area contributed by atoms with Gasteiger partial charge in [0.2, 0.25) is 0 Å². The van der Waals surface area contributed by atoms with E-state index >= 15 is 0 Å². The summed E-state index contributed by atoms with van der Waals surface area (Å²) in [4.78, 5) is 13.3. The molecule has 1 amide bonds. The van der Waals surface area contributed by atoms with Gasteiger partial charge in [0, 0.05) is 15.8 Å². The molecule has 0 aliphatic rings. The monoisotopic (exact) mass is 523 g/mol. The smallest absolute Gasteiger partial charge is 0.411 e. The van der Waals surface area contributed by atoms with Crippen LogP contribution in [0.4, 0.5) is 10.5 Å². The summed E-state index contributed by atoms with van der Waals surface area (Å²) < 4.78 is 18.7. The molecule has 7 nitrogen and oxygen atoms in total. The molecule has 0 aliphatic heterocycles. The van der Waals surface area contributed by atoms with Crippen molar-refractivity contribution in [1.29, 1.82) is 5.41 Å². The lowest BCUT2D eigenvalue weighted by atomic mass is 10.1. The van der Waals surface area contributed by atoms with E-state index in [4.69, 9.17) is 25.4 Å². The number of para-hydroxylation sites is 1. The molecule has 4 aromatic carbocycles. The van der Waals surface area contributed by atoms with Crippen molar-refractivity contribution in [3.05, 3.63) is 120 Å². The van der Waals surface area contributed by atoms with Crippen molar-refractivity contribution < 1.29 is 19.0 Å². The molecular formula is C30H25N3O4S. The second-order valence-electron chi connectivity index (χ2n) is 8.37. The Morgan fingerprint density at radius 1 is 0.868 bits per heavy atom. The van der Waals surface area contributed by atoms with E-state index in [9.17, 15) is 4.79 Å². The molecule has 5 aromatic rings. The van der Waals surface area contributed by atoms with Gasteiger partial charge in [0.25, 0.3) is 0 Å². The molecule has 190 valence electrons. The third kappa shape index (κ3) is 6.11. The standard InChI is InChI=1S/C30H25N3O4S/c31-29(32)28-18-24-25(12-7-13-27(24)38-28)37-26(20-8-3-1-4-9-20)19-35-30(34)33-21-14-16-23(17-15-21)36-22-10-5-2-6-11-22/h1-18,26H,19H2,(H3,31,32)(H,33,34). The van der Waals surface area contributed by atoms with E-state index in [-0.39, 0.29) is 12.4 Å². The number of ether oxygens (including phenoxy) is 3. The number of nitrogens with one attached hydrogen (secondary N) is 2. The topological polar surface area (TPSA) is 107 Å². The van der Waals surface area contributed by atoms with E-state index < -0.39 is 12.2 Å². The van der Waals surface area contributed by atoms with Gasteiger partial charge in [-0.05, 0) is 60.2 Å². The van der Waals surface area contributed by atoms with Gasteiger partial charge in [-0.3, -0.25) is 10.7 Å². The Kier molecular flexibility index (Phi) is 7.52. The Morgan fingerprint density at radius 2 is 1.55 bits per heavy atom. The van der Waals surface area contributed by atoms with E-state index in [1.165, 1.54) is 11.3 Å². The summed E-state index contributed by atoms with van der Waals surface area (Å²) in [5, 5.41) is 11.4. The Bertz CT molecular complexity index is 1540. The van der Waals surface area contributed by atoms with Gasteiger partial charge in [0.15, 0.2) is 6.10 Å². The fraction of sp³-hybridized carbons (Fsp3) is 0.0667. The summed E-state index contributed by atoms with van der Waals surface area (Å²) in [6, 6.07) is 33.6. The zero-order valence-corrected chi connectivity index (χ0v) is 21.1. The van der Waals surface area contributed by atoms with Crippen molar-refractivity contribution >= 4 is 39.0 Å². The van der Waals surface area contributed by atoms with E-state index in [1.807, 2.05) is 84.9 Å². The summed E-state index contributed by atoms with van der Waals surface area (Å²) in [6.07, 6.45) is -1.14. The fourth-order valence-corrected chi connectivity index (χ4v) is 4.76. The number of anilines is 1. The number of carbonyl (C=O) groups excluding carboxylic acids is 1. The zero-order valence-electron chi connectivity index (χ0n) is 20.3. The highest BCUT2D eigenvalue weighted by Gasteiger charge is 2.19. The summed E-state index contributed by atoms with van der Waals surface area (Å²) in [6.45, 7) is -0.00879. The van der Waals surface area contributed by atoms with Crippen LogP contribution >= 0.6 is 11.3 Å². The third-order valence-corrected chi connectivity index (χ3v) is 6.81. The molecule has 1 aromatic heterocycles. The van der Waals surface area contributed by atoms with E-state index in [0.29, 0.717) is 22.1 Å². The van der Waals surface area contributed by atoms with Gasteiger partial charge in [0.1, 0.15) is 29.7 Å². The first kappa shape index (κ1) is 24.9. The number of fused-ring (bicyclic) bond motifs is 1. The van der Waals surface area contributed by atoms with E-state index in [1.54, 1.807) is 24.3 Å². The lowest BCUT2D eigenvalue weighted by Crippen LogP contribution is -2.21. The third-order valence-electron chi connectivity index (χ3n) is 5.67. The molecule has 0 aliphatic carbocycles. The van der Waals surface area contributed by atoms with Crippen LogP contribution in [0.2, 0.25) is 0 Å². The number of thiophene rings is 1. The number of nitrogen functional groups attached to an aromatic ring is 1. The van der Waals surface area contributed by atoms with Gasteiger partial charge in [-0.25, -0.2) is 4.79 Å². The van der Waals surface area contributed by atoms with Crippen molar-refractivity contribution in [3.8, 4) is 17.2 Å². The zero-order chi connectivity index (χ0) is 26.3. The van der Waals surface area contributed by atoms with Crippen LogP contribution < -0.4 is 20.5 Å². The number of hydrogen-bond acceptors (Lipinski definition) is 6. The lowest BCUT2D eigenvalue weighted by molar-refractivity contribution is 0.0910. The number of hydrogen-bond donors (Lipinski definition) is 3. The van der Waals surface area contributed by atoms with Crippen LogP contribution in [0.5, 0.6) is 17.2 Å². The molecule has 5 rings (SSSR count). The second-order valence-corrected chi connectivity index (χ2v) is 9.46. The summed E-state index contributed by atoms with van der Waals surface area (Å²) in [7, 11) is 0. The Balaban J connectivity index is 1.25. The molecule has 0 saturated heterocycles. The predicted molar refractivity (Wildman–Crippen MR) is 151 cm³/mol. The van der Waals surface area contributed by atoms with Crippen molar-refractivity contribution in [2.24, 2.45) is 5.73 Å². The highest BCUT2D eigenvalue weighted by atomic mass is 32.1. The van der Waals surface area contributed by atoms with Gasteiger partial charge in [-0.1, -0.05) is 54.6 Å². The van der Waals surface area contributed by atoms with Crippen molar-refractivity contribution in [2.75, 3.05) is 11.9 Å². The minimum absolute atomic E-state index is 0.00879. The Hall–Kier alpha value is -4.82. The normalized spacial score (nSPS) is 11.5. The van der Waals surface area contributed by atoms with Crippen molar-refractivity contribution in [3.63, 3.8) is 0 Å². The average molecular weight is 524 g/mol. The van der Waals surface area contributed by atoms with E-state index in [2.05, 4.69) is 5.32 Å². The maximum absolute atomic E-state index is 12.6. The van der Waals surface area contributed by atoms with E-state index in [0.717, 1.165) is 21.4 Å². The minimum Gasteiger partial charge on any atom is -0.481 e. The first-order chi connectivity index (χ1) is 18.5. The molecule has 0 spiro atoms. The second kappa shape index (κ2) is 11.5. The largest absolute Gasteiger partial charge is 0.481 e. The number of benzene rings is 4. The quantitative estimate of drug-likeness (QED) is 0.138. The predicted octanol–water partition coefficient (Wildman–Crippen LogP) is 7.35. The van der Waals surface area contributed by atoms with Crippen molar-refractivity contribution in [1.82, 2.24) is 0 Å². The van der Waals surface area contributed by atoms with Crippen LogP contribution in [0, 0.1) is 5.41 Å². The molecule has 0 saturated carbocycles. The lowest BCUT2D eigenvalue weighted by Gasteiger charge is -2.20. The summed E-state index contributed by atoms with van der Waals surface area (Å²) in [5.74, 6) is 2.02. The molecule has 1 atom stereocenters. The van der Waals surface area contributed by atoms with Crippen LogP contribution in [0.15, 0.2) is 109 Å². The number of rotatable bonds is 9. The molecule has 4 N–H and O–H groups in total. The van der Waals surface area contributed by atoms with Gasteiger partial charge in [-0.15, -0.1) is 11.3 Å². The van der Waals surface area contributed by atoms with Gasteiger partial charge in [-0.2, -0.15) is 0 Å². The maximum atomic E-state index is 12.6. The first-order valence-electron chi connectivity index (χ1n) is 11.9. The van der Waals surface area contributed by atoms with Crippen LogP contribution in [-0.2, 0) is 4.74 Å². The molecule has 1 unspecified atom stereocenters. The van der Waals surface area contributed by atoms with Gasteiger partial charge < -0.3 is 19.9 Å². The number of amidine groups is 1. The van der Waals surface area contributed by atoms with Crippen LogP contribution in [0.1, 0.15) is 16.5 Å². The Morgan fingerprint density at radius 3 is 2.26 bits per heavy atom. The highest BCUT2D eigenvalue weighted by molar-refractivity contribution is 7.20.